The monoisotopic (exact) mass is 198 g/mol. The molecule has 0 N–H and O–H groups in total. The van der Waals surface area contributed by atoms with Gasteiger partial charge >= 0.3 is 0 Å². The third-order valence-electron chi connectivity index (χ3n) is 3.19. The van der Waals surface area contributed by atoms with Crippen molar-refractivity contribution < 1.29 is 0 Å². The smallest absolute Gasteiger partial charge is 0.00781 e. The minimum absolute atomic E-state index is 0.489. The second-order valence-corrected chi connectivity index (χ2v) is 4.20. The first kappa shape index (κ1) is 10.2. The first-order valence-electron chi connectivity index (χ1n) is 5.76. The van der Waals surface area contributed by atoms with Gasteiger partial charge in [0, 0.05) is 5.92 Å². The Balaban J connectivity index is 2.20. The summed E-state index contributed by atoms with van der Waals surface area (Å²) in [6.07, 6.45) is 10.6. The average Bonchev–Trinajstić information content (AvgIpc) is 2.33. The molecule has 0 fully saturated rings. The predicted octanol–water partition coefficient (Wildman–Crippen LogP) is 4.31. The Bertz CT molecular complexity index is 334. The van der Waals surface area contributed by atoms with Crippen LogP contribution in [0.4, 0.5) is 0 Å². The maximum atomic E-state index is 3.98. The van der Waals surface area contributed by atoms with Crippen molar-refractivity contribution in [3.8, 4) is 0 Å². The molecule has 15 heavy (non-hydrogen) atoms. The van der Waals surface area contributed by atoms with Crippen molar-refractivity contribution in [2.75, 3.05) is 0 Å². The van der Waals surface area contributed by atoms with Crippen molar-refractivity contribution in [3.05, 3.63) is 60.7 Å². The zero-order valence-electron chi connectivity index (χ0n) is 9.10. The Labute approximate surface area is 92.3 Å². The molecule has 78 valence electrons. The fourth-order valence-corrected chi connectivity index (χ4v) is 2.37. The van der Waals surface area contributed by atoms with E-state index in [-0.39, 0.29) is 0 Å². The van der Waals surface area contributed by atoms with Crippen LogP contribution in [0.25, 0.3) is 0 Å². The van der Waals surface area contributed by atoms with Crippen molar-refractivity contribution in [1.29, 1.82) is 0 Å². The molecule has 0 heterocycles. The van der Waals surface area contributed by atoms with Crippen LogP contribution in [0.2, 0.25) is 0 Å². The van der Waals surface area contributed by atoms with E-state index in [0.717, 1.165) is 0 Å². The lowest BCUT2D eigenvalue weighted by Gasteiger charge is -2.24. The summed E-state index contributed by atoms with van der Waals surface area (Å²) < 4.78 is 0. The van der Waals surface area contributed by atoms with Gasteiger partial charge in [0.15, 0.2) is 0 Å². The molecule has 0 aliphatic heterocycles. The quantitative estimate of drug-likeness (QED) is 0.635. The topological polar surface area (TPSA) is 0 Å². The molecule has 0 amide bonds. The summed E-state index contributed by atoms with van der Waals surface area (Å²) in [5.74, 6) is 1.14. The number of hydrogen-bond acceptors (Lipinski definition) is 0. The van der Waals surface area contributed by atoms with Crippen LogP contribution in [0.1, 0.15) is 30.7 Å². The third-order valence-corrected chi connectivity index (χ3v) is 3.19. The van der Waals surface area contributed by atoms with E-state index in [1.54, 1.807) is 0 Å². The molecular weight excluding hydrogens is 180 g/mol. The van der Waals surface area contributed by atoms with E-state index in [1.165, 1.54) is 24.8 Å². The van der Waals surface area contributed by atoms with Crippen molar-refractivity contribution >= 4 is 0 Å². The van der Waals surface area contributed by atoms with E-state index in [0.29, 0.717) is 11.8 Å². The van der Waals surface area contributed by atoms with Gasteiger partial charge in [0.1, 0.15) is 0 Å². The van der Waals surface area contributed by atoms with Gasteiger partial charge in [0.2, 0.25) is 0 Å². The summed E-state index contributed by atoms with van der Waals surface area (Å²) in [5, 5.41) is 0. The lowest BCUT2D eigenvalue weighted by Crippen LogP contribution is -2.10. The molecule has 1 aliphatic rings. The van der Waals surface area contributed by atoms with Gasteiger partial charge in [-0.05, 0) is 30.7 Å². The second kappa shape index (κ2) is 4.97. The fourth-order valence-electron chi connectivity index (χ4n) is 2.37. The molecular formula is C15H18. The molecule has 2 rings (SSSR count). The minimum Gasteiger partial charge on any atom is -0.102 e. The zero-order valence-corrected chi connectivity index (χ0v) is 9.10. The van der Waals surface area contributed by atoms with Crippen molar-refractivity contribution in [2.24, 2.45) is 5.92 Å². The number of rotatable bonds is 3. The van der Waals surface area contributed by atoms with Gasteiger partial charge < -0.3 is 0 Å². The van der Waals surface area contributed by atoms with Crippen molar-refractivity contribution in [1.82, 2.24) is 0 Å². The van der Waals surface area contributed by atoms with E-state index in [2.05, 4.69) is 55.1 Å². The van der Waals surface area contributed by atoms with Crippen LogP contribution >= 0.6 is 0 Å². The van der Waals surface area contributed by atoms with Gasteiger partial charge in [-0.1, -0.05) is 48.6 Å². The van der Waals surface area contributed by atoms with Gasteiger partial charge in [-0.25, -0.2) is 0 Å². The average molecular weight is 198 g/mol. The SMILES string of the molecule is C=CC(c1ccccc1)C1C=CCCC1. The van der Waals surface area contributed by atoms with Crippen LogP contribution in [0.3, 0.4) is 0 Å². The molecule has 2 atom stereocenters. The van der Waals surface area contributed by atoms with Crippen LogP contribution in [-0.2, 0) is 0 Å². The fraction of sp³-hybridized carbons (Fsp3) is 0.333. The molecule has 2 unspecified atom stereocenters. The maximum absolute atomic E-state index is 3.98. The summed E-state index contributed by atoms with van der Waals surface area (Å²) in [6, 6.07) is 10.7. The minimum atomic E-state index is 0.489. The highest BCUT2D eigenvalue weighted by molar-refractivity contribution is 5.26. The number of hydrogen-bond donors (Lipinski definition) is 0. The molecule has 1 aliphatic carbocycles. The van der Waals surface area contributed by atoms with Crippen LogP contribution in [0, 0.1) is 5.92 Å². The van der Waals surface area contributed by atoms with Crippen LogP contribution in [0.5, 0.6) is 0 Å². The predicted molar refractivity (Wildman–Crippen MR) is 65.9 cm³/mol. The molecule has 0 bridgehead atoms. The zero-order chi connectivity index (χ0) is 10.5. The summed E-state index contributed by atoms with van der Waals surface area (Å²) >= 11 is 0. The largest absolute Gasteiger partial charge is 0.102 e. The molecule has 0 saturated carbocycles. The molecule has 1 aromatic rings. The van der Waals surface area contributed by atoms with Gasteiger partial charge in [0.25, 0.3) is 0 Å². The molecule has 0 radical (unpaired) electrons. The van der Waals surface area contributed by atoms with E-state index in [4.69, 9.17) is 0 Å². The van der Waals surface area contributed by atoms with Crippen LogP contribution < -0.4 is 0 Å². The van der Waals surface area contributed by atoms with E-state index < -0.39 is 0 Å². The Hall–Kier alpha value is -1.30. The Morgan fingerprint density at radius 1 is 1.27 bits per heavy atom. The molecule has 0 saturated heterocycles. The normalized spacial score (nSPS) is 22.3. The Morgan fingerprint density at radius 3 is 2.67 bits per heavy atom. The van der Waals surface area contributed by atoms with E-state index in [1.807, 2.05) is 0 Å². The standard InChI is InChI=1S/C15H18/c1-2-15(13-9-5-3-6-10-13)14-11-7-4-8-12-14/h2-3,5-7,9-11,14-15H,1,4,8,12H2. The highest BCUT2D eigenvalue weighted by Crippen LogP contribution is 2.32. The Morgan fingerprint density at radius 2 is 2.07 bits per heavy atom. The Kier molecular flexibility index (Phi) is 3.39. The highest BCUT2D eigenvalue weighted by atomic mass is 14.2. The van der Waals surface area contributed by atoms with E-state index in [9.17, 15) is 0 Å². The van der Waals surface area contributed by atoms with Gasteiger partial charge in [-0.2, -0.15) is 0 Å². The number of allylic oxidation sites excluding steroid dienone is 3. The molecule has 0 spiro atoms. The second-order valence-electron chi connectivity index (χ2n) is 4.20. The van der Waals surface area contributed by atoms with Crippen LogP contribution in [-0.4, -0.2) is 0 Å². The molecule has 0 nitrogen and oxygen atoms in total. The van der Waals surface area contributed by atoms with Gasteiger partial charge in [0.05, 0.1) is 0 Å². The lowest BCUT2D eigenvalue weighted by atomic mass is 9.80. The summed E-state index contributed by atoms with van der Waals surface area (Å²) in [6.45, 7) is 3.98. The molecule has 1 aromatic carbocycles. The first-order valence-corrected chi connectivity index (χ1v) is 5.76. The highest BCUT2D eigenvalue weighted by Gasteiger charge is 2.18. The van der Waals surface area contributed by atoms with Crippen LogP contribution in [0.15, 0.2) is 55.1 Å². The number of benzene rings is 1. The van der Waals surface area contributed by atoms with Crippen molar-refractivity contribution in [3.63, 3.8) is 0 Å². The first-order chi connectivity index (χ1) is 7.42. The summed E-state index contributed by atoms with van der Waals surface area (Å²) in [7, 11) is 0. The van der Waals surface area contributed by atoms with Crippen molar-refractivity contribution in [2.45, 2.75) is 25.2 Å². The summed E-state index contributed by atoms with van der Waals surface area (Å²) in [4.78, 5) is 0. The maximum Gasteiger partial charge on any atom is 0.00781 e. The molecule has 0 heteroatoms. The van der Waals surface area contributed by atoms with Gasteiger partial charge in [-0.15, -0.1) is 6.58 Å². The lowest BCUT2D eigenvalue weighted by molar-refractivity contribution is 0.498. The van der Waals surface area contributed by atoms with Gasteiger partial charge in [-0.3, -0.25) is 0 Å². The summed E-state index contributed by atoms with van der Waals surface area (Å²) in [5.41, 5.74) is 1.39. The third kappa shape index (κ3) is 2.38. The molecule has 0 aromatic heterocycles. The van der Waals surface area contributed by atoms with E-state index >= 15 is 0 Å².